The molecule has 0 aliphatic carbocycles. The van der Waals surface area contributed by atoms with E-state index < -0.39 is 0 Å². The number of hydrogen-bond donors (Lipinski definition) is 2. The Hall–Kier alpha value is -1.00. The number of rotatable bonds is 5. The molecule has 1 aromatic rings. The number of carbonyl (C=O) groups is 1. The van der Waals surface area contributed by atoms with Gasteiger partial charge >= 0.3 is 0 Å². The Morgan fingerprint density at radius 3 is 2.56 bits per heavy atom. The molecule has 88 valence electrons. The fourth-order valence-corrected chi connectivity index (χ4v) is 2.49. The van der Waals surface area contributed by atoms with Gasteiger partial charge in [-0.25, -0.2) is 5.84 Å². The third-order valence-electron chi connectivity index (χ3n) is 2.43. The van der Waals surface area contributed by atoms with Gasteiger partial charge in [0, 0.05) is 5.25 Å². The van der Waals surface area contributed by atoms with Crippen LogP contribution in [-0.2, 0) is 4.79 Å². The second-order valence-electron chi connectivity index (χ2n) is 3.65. The van der Waals surface area contributed by atoms with Gasteiger partial charge in [0.15, 0.2) is 0 Å². The number of carbonyl (C=O) groups excluding carboxylic acids is 1. The molecule has 0 heterocycles. The van der Waals surface area contributed by atoms with E-state index in [-0.39, 0.29) is 11.2 Å². The fraction of sp³-hybridized carbons (Fsp3) is 0.417. The molecule has 0 aliphatic rings. The molecule has 0 saturated heterocycles. The predicted octanol–water partition coefficient (Wildman–Crippen LogP) is 2.25. The summed E-state index contributed by atoms with van der Waals surface area (Å²) >= 11 is 1.64. The molecule has 0 aliphatic heterocycles. The van der Waals surface area contributed by atoms with Gasteiger partial charge in [-0.3, -0.25) is 10.2 Å². The van der Waals surface area contributed by atoms with Crippen LogP contribution in [0.3, 0.4) is 0 Å². The molecule has 1 amide bonds. The van der Waals surface area contributed by atoms with Gasteiger partial charge in [0.2, 0.25) is 0 Å². The van der Waals surface area contributed by atoms with Crippen LogP contribution in [0.1, 0.15) is 31.1 Å². The number of hydrogen-bond acceptors (Lipinski definition) is 3. The highest BCUT2D eigenvalue weighted by Gasteiger charge is 2.22. The molecule has 1 rings (SSSR count). The molecule has 0 spiro atoms. The summed E-state index contributed by atoms with van der Waals surface area (Å²) in [4.78, 5) is 11.7. The third kappa shape index (κ3) is 3.54. The number of thioether (sulfide) groups is 1. The predicted molar refractivity (Wildman–Crippen MR) is 68.9 cm³/mol. The Bertz CT molecular complexity index is 329. The molecule has 2 unspecified atom stereocenters. The van der Waals surface area contributed by atoms with Crippen LogP contribution in [0.5, 0.6) is 0 Å². The monoisotopic (exact) mass is 238 g/mol. The van der Waals surface area contributed by atoms with E-state index in [2.05, 4.69) is 19.3 Å². The number of amides is 1. The van der Waals surface area contributed by atoms with Gasteiger partial charge < -0.3 is 0 Å². The maximum Gasteiger partial charge on any atom is 0.251 e. The van der Waals surface area contributed by atoms with Gasteiger partial charge in [-0.05, 0) is 12.0 Å². The summed E-state index contributed by atoms with van der Waals surface area (Å²) in [6.07, 6.45) is 1.03. The first-order valence-electron chi connectivity index (χ1n) is 5.39. The van der Waals surface area contributed by atoms with E-state index in [1.54, 1.807) is 11.8 Å². The zero-order valence-electron chi connectivity index (χ0n) is 9.64. The van der Waals surface area contributed by atoms with Crippen LogP contribution in [0.15, 0.2) is 30.3 Å². The Kier molecular flexibility index (Phi) is 5.35. The molecule has 0 radical (unpaired) electrons. The van der Waals surface area contributed by atoms with Crippen molar-refractivity contribution in [2.45, 2.75) is 30.8 Å². The maximum absolute atomic E-state index is 11.7. The fourth-order valence-electron chi connectivity index (χ4n) is 1.32. The van der Waals surface area contributed by atoms with Crippen molar-refractivity contribution < 1.29 is 4.79 Å². The lowest BCUT2D eigenvalue weighted by Gasteiger charge is -2.18. The van der Waals surface area contributed by atoms with E-state index in [4.69, 9.17) is 5.84 Å². The highest BCUT2D eigenvalue weighted by molar-refractivity contribution is 8.00. The first-order chi connectivity index (χ1) is 7.69. The van der Waals surface area contributed by atoms with E-state index in [1.165, 1.54) is 0 Å². The van der Waals surface area contributed by atoms with Crippen molar-refractivity contribution in [3.05, 3.63) is 35.9 Å². The smallest absolute Gasteiger partial charge is 0.251 e. The van der Waals surface area contributed by atoms with Gasteiger partial charge in [-0.15, -0.1) is 11.8 Å². The summed E-state index contributed by atoms with van der Waals surface area (Å²) in [5.74, 6) is 5.07. The molecular formula is C12H18N2OS. The molecule has 0 bridgehead atoms. The number of benzene rings is 1. The number of nitrogens with two attached hydrogens (primary N) is 1. The second kappa shape index (κ2) is 6.55. The summed E-state index contributed by atoms with van der Waals surface area (Å²) in [7, 11) is 0. The SMILES string of the molecule is CCC(C)SC(C(=O)NN)c1ccccc1. The normalized spacial score (nSPS) is 14.2. The Labute approximate surface area is 101 Å². The van der Waals surface area contributed by atoms with Gasteiger partial charge in [0.1, 0.15) is 5.25 Å². The van der Waals surface area contributed by atoms with E-state index in [9.17, 15) is 4.79 Å². The number of nitrogens with one attached hydrogen (secondary N) is 1. The van der Waals surface area contributed by atoms with Gasteiger partial charge in [-0.1, -0.05) is 44.2 Å². The number of hydrazine groups is 1. The van der Waals surface area contributed by atoms with Gasteiger partial charge in [0.25, 0.3) is 5.91 Å². The standard InChI is InChI=1S/C12H18N2OS/c1-3-9(2)16-11(12(15)14-13)10-7-5-4-6-8-10/h4-9,11H,3,13H2,1-2H3,(H,14,15). The zero-order valence-corrected chi connectivity index (χ0v) is 10.5. The molecule has 0 fully saturated rings. The van der Waals surface area contributed by atoms with Crippen molar-refractivity contribution in [2.24, 2.45) is 5.84 Å². The highest BCUT2D eigenvalue weighted by Crippen LogP contribution is 2.33. The lowest BCUT2D eigenvalue weighted by molar-refractivity contribution is -0.120. The van der Waals surface area contributed by atoms with Crippen molar-refractivity contribution in [3.63, 3.8) is 0 Å². The summed E-state index contributed by atoms with van der Waals surface area (Å²) in [5, 5.41) is 0.212. The Morgan fingerprint density at radius 2 is 2.06 bits per heavy atom. The van der Waals surface area contributed by atoms with Gasteiger partial charge in [0.05, 0.1) is 0 Å². The lowest BCUT2D eigenvalue weighted by atomic mass is 10.1. The molecule has 2 atom stereocenters. The van der Waals surface area contributed by atoms with Crippen LogP contribution in [0.2, 0.25) is 0 Å². The van der Waals surface area contributed by atoms with E-state index in [0.717, 1.165) is 12.0 Å². The minimum absolute atomic E-state index is 0.142. The van der Waals surface area contributed by atoms with Crippen molar-refractivity contribution in [1.82, 2.24) is 5.43 Å². The minimum atomic E-state index is -0.221. The summed E-state index contributed by atoms with van der Waals surface area (Å²) < 4.78 is 0. The molecule has 4 heteroatoms. The molecule has 3 N–H and O–H groups in total. The first-order valence-corrected chi connectivity index (χ1v) is 6.34. The summed E-state index contributed by atoms with van der Waals surface area (Å²) in [6.45, 7) is 4.23. The molecule has 1 aromatic carbocycles. The molecule has 3 nitrogen and oxygen atoms in total. The van der Waals surface area contributed by atoms with Crippen LogP contribution in [-0.4, -0.2) is 11.2 Å². The van der Waals surface area contributed by atoms with E-state index in [1.807, 2.05) is 30.3 Å². The van der Waals surface area contributed by atoms with Crippen LogP contribution >= 0.6 is 11.8 Å². The van der Waals surface area contributed by atoms with Crippen LogP contribution in [0.4, 0.5) is 0 Å². The minimum Gasteiger partial charge on any atom is -0.293 e. The average Bonchev–Trinajstić information content (AvgIpc) is 2.35. The quantitative estimate of drug-likeness (QED) is 0.470. The molecule has 0 saturated carbocycles. The van der Waals surface area contributed by atoms with Crippen LogP contribution in [0.25, 0.3) is 0 Å². The highest BCUT2D eigenvalue weighted by atomic mass is 32.2. The van der Waals surface area contributed by atoms with Crippen molar-refractivity contribution in [3.8, 4) is 0 Å². The molecular weight excluding hydrogens is 220 g/mol. The van der Waals surface area contributed by atoms with E-state index in [0.29, 0.717) is 5.25 Å². The maximum atomic E-state index is 11.7. The molecule has 16 heavy (non-hydrogen) atoms. The van der Waals surface area contributed by atoms with Crippen LogP contribution < -0.4 is 11.3 Å². The zero-order chi connectivity index (χ0) is 12.0. The van der Waals surface area contributed by atoms with Gasteiger partial charge in [-0.2, -0.15) is 0 Å². The summed E-state index contributed by atoms with van der Waals surface area (Å²) in [5.41, 5.74) is 3.23. The average molecular weight is 238 g/mol. The van der Waals surface area contributed by atoms with E-state index >= 15 is 0 Å². The Balaban J connectivity index is 2.84. The largest absolute Gasteiger partial charge is 0.293 e. The van der Waals surface area contributed by atoms with Crippen molar-refractivity contribution in [2.75, 3.05) is 0 Å². The van der Waals surface area contributed by atoms with Crippen LogP contribution in [0, 0.1) is 0 Å². The van der Waals surface area contributed by atoms with Crippen molar-refractivity contribution >= 4 is 17.7 Å². The molecule has 0 aromatic heterocycles. The second-order valence-corrected chi connectivity index (χ2v) is 5.20. The Morgan fingerprint density at radius 1 is 1.44 bits per heavy atom. The first kappa shape index (κ1) is 13.1. The third-order valence-corrected chi connectivity index (χ3v) is 3.98. The summed E-state index contributed by atoms with van der Waals surface area (Å²) in [6, 6.07) is 9.71. The topological polar surface area (TPSA) is 55.1 Å². The van der Waals surface area contributed by atoms with Crippen molar-refractivity contribution in [1.29, 1.82) is 0 Å². The lowest BCUT2D eigenvalue weighted by Crippen LogP contribution is -2.34.